The van der Waals surface area contributed by atoms with E-state index in [4.69, 9.17) is 13.9 Å². The number of ether oxygens (including phenoxy) is 3. The maximum absolute atomic E-state index is 12.1. The van der Waals surface area contributed by atoms with Crippen LogP contribution in [0.3, 0.4) is 0 Å². The molecule has 6 heteroatoms. The molecule has 0 aliphatic heterocycles. The maximum atomic E-state index is 12.1. The van der Waals surface area contributed by atoms with Crippen LogP contribution in [-0.4, -0.2) is 26.2 Å². The van der Waals surface area contributed by atoms with Gasteiger partial charge in [0.2, 0.25) is 5.76 Å². The summed E-state index contributed by atoms with van der Waals surface area (Å²) < 4.78 is 20.1. The molecule has 2 rings (SSSR count). The molecule has 0 aliphatic rings. The van der Waals surface area contributed by atoms with Crippen LogP contribution in [-0.2, 0) is 9.53 Å². The fourth-order valence-corrected chi connectivity index (χ4v) is 1.83. The Morgan fingerprint density at radius 3 is 2.52 bits per heavy atom. The summed E-state index contributed by atoms with van der Waals surface area (Å²) >= 11 is 0. The molecule has 23 heavy (non-hydrogen) atoms. The van der Waals surface area contributed by atoms with Crippen LogP contribution in [0.25, 0.3) is 6.08 Å². The number of hydrogen-bond acceptors (Lipinski definition) is 6. The molecule has 0 saturated carbocycles. The summed E-state index contributed by atoms with van der Waals surface area (Å²) in [4.78, 5) is 23.2. The lowest BCUT2D eigenvalue weighted by Crippen LogP contribution is -2.09. The Balaban J connectivity index is 2.20. The van der Waals surface area contributed by atoms with Gasteiger partial charge in [-0.1, -0.05) is 6.07 Å². The van der Waals surface area contributed by atoms with Gasteiger partial charge < -0.3 is 18.6 Å². The molecule has 1 aromatic carbocycles. The summed E-state index contributed by atoms with van der Waals surface area (Å²) in [7, 11) is 2.76. The number of benzene rings is 1. The van der Waals surface area contributed by atoms with E-state index in [1.54, 1.807) is 37.3 Å². The molecule has 0 amide bonds. The summed E-state index contributed by atoms with van der Waals surface area (Å²) in [5.74, 6) is -0.323. The highest BCUT2D eigenvalue weighted by Gasteiger charge is 2.17. The molecule has 0 aliphatic carbocycles. The second kappa shape index (κ2) is 7.31. The largest absolute Gasteiger partial charge is 0.493 e. The van der Waals surface area contributed by atoms with Crippen molar-refractivity contribution in [1.29, 1.82) is 0 Å². The first-order valence-electron chi connectivity index (χ1n) is 6.75. The summed E-state index contributed by atoms with van der Waals surface area (Å²) in [5, 5.41) is 0. The van der Waals surface area contributed by atoms with E-state index in [2.05, 4.69) is 4.74 Å². The second-order valence-electron chi connectivity index (χ2n) is 4.59. The Hall–Kier alpha value is -3.02. The number of rotatable bonds is 5. The predicted molar refractivity (Wildman–Crippen MR) is 82.4 cm³/mol. The van der Waals surface area contributed by atoms with Crippen LogP contribution >= 0.6 is 0 Å². The van der Waals surface area contributed by atoms with Gasteiger partial charge in [-0.05, 0) is 36.8 Å². The third kappa shape index (κ3) is 4.00. The molecule has 0 spiro atoms. The fraction of sp³-hybridized carbons (Fsp3) is 0.176. The van der Waals surface area contributed by atoms with Gasteiger partial charge in [-0.3, -0.25) is 0 Å². The third-order valence-electron chi connectivity index (χ3n) is 3.05. The molecule has 6 nitrogen and oxygen atoms in total. The Kier molecular flexibility index (Phi) is 5.19. The van der Waals surface area contributed by atoms with E-state index >= 15 is 0 Å². The molecule has 0 fully saturated rings. The van der Waals surface area contributed by atoms with Gasteiger partial charge in [0.05, 0.1) is 20.5 Å². The minimum atomic E-state index is -0.608. The lowest BCUT2D eigenvalue weighted by Gasteiger charge is -2.09. The Morgan fingerprint density at radius 1 is 1.13 bits per heavy atom. The molecule has 0 N–H and O–H groups in total. The van der Waals surface area contributed by atoms with Crippen LogP contribution in [0.2, 0.25) is 0 Å². The highest BCUT2D eigenvalue weighted by molar-refractivity contribution is 5.90. The zero-order valence-electron chi connectivity index (χ0n) is 13.0. The van der Waals surface area contributed by atoms with E-state index in [-0.39, 0.29) is 11.5 Å². The van der Waals surface area contributed by atoms with Crippen LogP contribution in [0.15, 0.2) is 41.0 Å². The Bertz CT molecular complexity index is 741. The summed E-state index contributed by atoms with van der Waals surface area (Å²) in [6.07, 6.45) is 4.27. The normalized spacial score (nSPS) is 10.6. The van der Waals surface area contributed by atoms with E-state index in [0.29, 0.717) is 16.9 Å². The number of hydrogen-bond donors (Lipinski definition) is 0. The van der Waals surface area contributed by atoms with E-state index in [9.17, 15) is 9.59 Å². The van der Waals surface area contributed by atoms with Crippen molar-refractivity contribution in [2.45, 2.75) is 6.92 Å². The van der Waals surface area contributed by atoms with Gasteiger partial charge in [0.25, 0.3) is 0 Å². The van der Waals surface area contributed by atoms with Crippen molar-refractivity contribution < 1.29 is 28.2 Å². The number of carbonyl (C=O) groups is 2. The van der Waals surface area contributed by atoms with Gasteiger partial charge in [-0.25, -0.2) is 9.59 Å². The molecule has 120 valence electrons. The first-order chi connectivity index (χ1) is 11.0. The second-order valence-corrected chi connectivity index (χ2v) is 4.59. The van der Waals surface area contributed by atoms with Gasteiger partial charge in [-0.2, -0.15) is 0 Å². The molecule has 0 radical (unpaired) electrons. The zero-order chi connectivity index (χ0) is 16.8. The smallest absolute Gasteiger partial charge is 0.380 e. The van der Waals surface area contributed by atoms with Crippen molar-refractivity contribution in [3.8, 4) is 11.5 Å². The van der Waals surface area contributed by atoms with Crippen LogP contribution in [0.5, 0.6) is 11.5 Å². The van der Waals surface area contributed by atoms with Crippen LogP contribution in [0.4, 0.5) is 0 Å². The summed E-state index contributed by atoms with van der Waals surface area (Å²) in [6.45, 7) is 1.75. The van der Waals surface area contributed by atoms with Crippen LogP contribution in [0, 0.1) is 6.92 Å². The van der Waals surface area contributed by atoms with Gasteiger partial charge in [0, 0.05) is 11.6 Å². The summed E-state index contributed by atoms with van der Waals surface area (Å²) in [6, 6.07) is 6.57. The number of aryl methyl sites for hydroxylation is 1. The van der Waals surface area contributed by atoms with E-state index in [0.717, 1.165) is 0 Å². The van der Waals surface area contributed by atoms with E-state index < -0.39 is 11.9 Å². The third-order valence-corrected chi connectivity index (χ3v) is 3.05. The fourth-order valence-electron chi connectivity index (χ4n) is 1.83. The van der Waals surface area contributed by atoms with Gasteiger partial charge in [0.15, 0.2) is 11.5 Å². The number of carbonyl (C=O) groups excluding carboxylic acids is 2. The van der Waals surface area contributed by atoms with E-state index in [1.165, 1.54) is 26.6 Å². The standard InChI is InChI=1S/C17H16O6/c1-11-8-9-22-16(11)17(19)23-13-6-4-12(10-14(13)20-2)5-7-15(18)21-3/h4-10H,1-3H3. The van der Waals surface area contributed by atoms with Gasteiger partial charge >= 0.3 is 11.9 Å². The van der Waals surface area contributed by atoms with Crippen molar-refractivity contribution in [1.82, 2.24) is 0 Å². The van der Waals surface area contributed by atoms with Crippen molar-refractivity contribution in [3.63, 3.8) is 0 Å². The van der Waals surface area contributed by atoms with Crippen molar-refractivity contribution in [2.24, 2.45) is 0 Å². The highest BCUT2D eigenvalue weighted by Crippen LogP contribution is 2.29. The van der Waals surface area contributed by atoms with Gasteiger partial charge in [-0.15, -0.1) is 0 Å². The predicted octanol–water partition coefficient (Wildman–Crippen LogP) is 3.00. The minimum absolute atomic E-state index is 0.140. The summed E-state index contributed by atoms with van der Waals surface area (Å²) in [5.41, 5.74) is 1.38. The monoisotopic (exact) mass is 316 g/mol. The lowest BCUT2D eigenvalue weighted by atomic mass is 10.2. The topological polar surface area (TPSA) is 75.0 Å². The highest BCUT2D eigenvalue weighted by atomic mass is 16.6. The molecule has 0 saturated heterocycles. The Labute approximate surface area is 133 Å². The van der Waals surface area contributed by atoms with E-state index in [1.807, 2.05) is 0 Å². The SMILES string of the molecule is COC(=O)C=Cc1ccc(OC(=O)c2occc2C)c(OC)c1. The minimum Gasteiger partial charge on any atom is -0.493 e. The average molecular weight is 316 g/mol. The molecule has 1 heterocycles. The molecule has 2 aromatic rings. The number of methoxy groups -OCH3 is 2. The lowest BCUT2D eigenvalue weighted by molar-refractivity contribution is -0.134. The molecule has 0 atom stereocenters. The first kappa shape index (κ1) is 16.4. The van der Waals surface area contributed by atoms with Crippen molar-refractivity contribution in [3.05, 3.63) is 53.5 Å². The maximum Gasteiger partial charge on any atom is 0.380 e. The number of furan rings is 1. The zero-order valence-corrected chi connectivity index (χ0v) is 13.0. The Morgan fingerprint density at radius 2 is 1.91 bits per heavy atom. The molecular formula is C17H16O6. The first-order valence-corrected chi connectivity index (χ1v) is 6.75. The molecular weight excluding hydrogens is 300 g/mol. The molecule has 0 bridgehead atoms. The molecule has 0 unspecified atom stereocenters. The van der Waals surface area contributed by atoms with Crippen molar-refractivity contribution in [2.75, 3.05) is 14.2 Å². The van der Waals surface area contributed by atoms with Crippen LogP contribution < -0.4 is 9.47 Å². The number of esters is 2. The quantitative estimate of drug-likeness (QED) is 0.479. The average Bonchev–Trinajstić information content (AvgIpc) is 2.99. The van der Waals surface area contributed by atoms with Crippen molar-refractivity contribution >= 4 is 18.0 Å². The molecule has 1 aromatic heterocycles. The van der Waals surface area contributed by atoms with Gasteiger partial charge in [0.1, 0.15) is 0 Å². The van der Waals surface area contributed by atoms with Crippen LogP contribution in [0.1, 0.15) is 21.7 Å².